The molecule has 4 rings (SSSR count). The second-order valence-corrected chi connectivity index (χ2v) is 7.11. The number of carbonyl (C=O) groups excluding carboxylic acids is 1. The number of hydrogen-bond acceptors (Lipinski definition) is 4. The Morgan fingerprint density at radius 1 is 1.00 bits per heavy atom. The van der Waals surface area contributed by atoms with Crippen molar-refractivity contribution in [3.05, 3.63) is 54.1 Å². The minimum atomic E-state index is -0.0348. The summed E-state index contributed by atoms with van der Waals surface area (Å²) in [6, 6.07) is 15.7. The van der Waals surface area contributed by atoms with Gasteiger partial charge in [0.1, 0.15) is 5.75 Å². The van der Waals surface area contributed by atoms with Gasteiger partial charge in [-0.05, 0) is 54.7 Å². The van der Waals surface area contributed by atoms with Gasteiger partial charge >= 0.3 is 0 Å². The normalized spacial score (nSPS) is 24.7. The van der Waals surface area contributed by atoms with Crippen molar-refractivity contribution < 1.29 is 19.0 Å². The fourth-order valence-corrected chi connectivity index (χ4v) is 3.88. The molecule has 5 nitrogen and oxygen atoms in total. The fraction of sp³-hybridized carbons (Fsp3) is 0.409. The monoisotopic (exact) mass is 367 g/mol. The first-order valence-electron chi connectivity index (χ1n) is 9.51. The van der Waals surface area contributed by atoms with E-state index >= 15 is 0 Å². The molecule has 0 spiro atoms. The maximum Gasteiger partial charge on any atom is 0.251 e. The number of ether oxygens (including phenoxy) is 3. The number of benzene rings is 2. The molecule has 27 heavy (non-hydrogen) atoms. The lowest BCUT2D eigenvalue weighted by atomic mass is 9.89. The summed E-state index contributed by atoms with van der Waals surface area (Å²) in [6.45, 7) is 1.32. The Balaban J connectivity index is 1.39. The van der Waals surface area contributed by atoms with Crippen molar-refractivity contribution in [1.82, 2.24) is 5.32 Å². The van der Waals surface area contributed by atoms with Crippen LogP contribution in [0.5, 0.6) is 5.75 Å². The Morgan fingerprint density at radius 3 is 2.56 bits per heavy atom. The molecule has 0 bridgehead atoms. The first-order valence-corrected chi connectivity index (χ1v) is 9.51. The largest absolute Gasteiger partial charge is 0.497 e. The van der Waals surface area contributed by atoms with Crippen LogP contribution in [0, 0.1) is 0 Å². The number of amides is 1. The molecular weight excluding hydrogens is 342 g/mol. The van der Waals surface area contributed by atoms with E-state index in [9.17, 15) is 4.79 Å². The molecule has 2 fully saturated rings. The predicted molar refractivity (Wildman–Crippen MR) is 103 cm³/mol. The Labute approximate surface area is 159 Å². The standard InChI is InChI=1S/C22H25NO4/c1-25-19-4-2-3-17(13-19)15-5-7-16(8-6-15)22(24)23-18-9-10-20-21(14-18)27-12-11-26-20/h2-8,13,18,20-21H,9-12,14H2,1H3,(H,23,24)/t18-,20+,21+/m1/s1. The summed E-state index contributed by atoms with van der Waals surface area (Å²) in [5.41, 5.74) is 2.79. The lowest BCUT2D eigenvalue weighted by Crippen LogP contribution is -2.49. The smallest absolute Gasteiger partial charge is 0.251 e. The van der Waals surface area contributed by atoms with E-state index in [0.29, 0.717) is 18.8 Å². The van der Waals surface area contributed by atoms with Crippen LogP contribution in [0.1, 0.15) is 29.6 Å². The van der Waals surface area contributed by atoms with Gasteiger partial charge in [-0.1, -0.05) is 24.3 Å². The van der Waals surface area contributed by atoms with Gasteiger partial charge in [0.15, 0.2) is 0 Å². The van der Waals surface area contributed by atoms with Crippen LogP contribution in [0.3, 0.4) is 0 Å². The predicted octanol–water partition coefficient (Wildman–Crippen LogP) is 3.43. The average Bonchev–Trinajstić information content (AvgIpc) is 2.74. The third kappa shape index (κ3) is 4.15. The molecule has 0 unspecified atom stereocenters. The van der Waals surface area contributed by atoms with Crippen LogP contribution in [0.2, 0.25) is 0 Å². The van der Waals surface area contributed by atoms with E-state index in [-0.39, 0.29) is 24.2 Å². The molecule has 1 aliphatic heterocycles. The van der Waals surface area contributed by atoms with Crippen molar-refractivity contribution in [2.75, 3.05) is 20.3 Å². The van der Waals surface area contributed by atoms with Crippen LogP contribution in [0.25, 0.3) is 11.1 Å². The van der Waals surface area contributed by atoms with Crippen molar-refractivity contribution in [3.63, 3.8) is 0 Å². The number of methoxy groups -OCH3 is 1. The molecule has 1 saturated heterocycles. The fourth-order valence-electron chi connectivity index (χ4n) is 3.88. The lowest BCUT2D eigenvalue weighted by molar-refractivity contribution is -0.157. The molecule has 5 heteroatoms. The third-order valence-electron chi connectivity index (χ3n) is 5.36. The maximum atomic E-state index is 12.6. The second-order valence-electron chi connectivity index (χ2n) is 7.11. The van der Waals surface area contributed by atoms with E-state index in [2.05, 4.69) is 5.32 Å². The molecule has 3 atom stereocenters. The van der Waals surface area contributed by atoms with Crippen LogP contribution in [-0.4, -0.2) is 44.5 Å². The van der Waals surface area contributed by atoms with Crippen LogP contribution in [0.4, 0.5) is 0 Å². The van der Waals surface area contributed by atoms with E-state index in [0.717, 1.165) is 36.1 Å². The minimum absolute atomic E-state index is 0.0348. The van der Waals surface area contributed by atoms with Gasteiger partial charge in [-0.2, -0.15) is 0 Å². The van der Waals surface area contributed by atoms with Gasteiger partial charge in [-0.25, -0.2) is 0 Å². The van der Waals surface area contributed by atoms with Crippen molar-refractivity contribution in [2.45, 2.75) is 37.5 Å². The molecular formula is C22H25NO4. The number of nitrogens with one attached hydrogen (secondary N) is 1. The number of fused-ring (bicyclic) bond motifs is 1. The zero-order valence-corrected chi connectivity index (χ0v) is 15.5. The highest BCUT2D eigenvalue weighted by Crippen LogP contribution is 2.27. The van der Waals surface area contributed by atoms with Gasteiger partial charge in [0.2, 0.25) is 0 Å². The minimum Gasteiger partial charge on any atom is -0.497 e. The molecule has 0 aromatic heterocycles. The summed E-state index contributed by atoms with van der Waals surface area (Å²) in [5.74, 6) is 0.784. The van der Waals surface area contributed by atoms with E-state index in [1.807, 2.05) is 48.5 Å². The lowest BCUT2D eigenvalue weighted by Gasteiger charge is -2.39. The first-order chi connectivity index (χ1) is 13.2. The first kappa shape index (κ1) is 18.0. The van der Waals surface area contributed by atoms with Crippen LogP contribution in [-0.2, 0) is 9.47 Å². The van der Waals surface area contributed by atoms with E-state index in [1.165, 1.54) is 0 Å². The molecule has 2 aliphatic rings. The SMILES string of the molecule is COc1cccc(-c2ccc(C(=O)N[C@@H]3CC[C@@H]4OCCO[C@H]4C3)cc2)c1. The van der Waals surface area contributed by atoms with Gasteiger partial charge in [-0.15, -0.1) is 0 Å². The number of carbonyl (C=O) groups is 1. The molecule has 142 valence electrons. The summed E-state index contributed by atoms with van der Waals surface area (Å²) < 4.78 is 16.8. The van der Waals surface area contributed by atoms with Gasteiger partial charge in [0.05, 0.1) is 32.5 Å². The second kappa shape index (κ2) is 8.11. The Bertz CT molecular complexity index is 789. The molecule has 1 aliphatic carbocycles. The van der Waals surface area contributed by atoms with Crippen molar-refractivity contribution >= 4 is 5.91 Å². The quantitative estimate of drug-likeness (QED) is 0.900. The summed E-state index contributed by atoms with van der Waals surface area (Å²) in [6.07, 6.45) is 2.98. The highest BCUT2D eigenvalue weighted by Gasteiger charge is 2.34. The highest BCUT2D eigenvalue weighted by molar-refractivity contribution is 5.94. The molecule has 2 aromatic rings. The third-order valence-corrected chi connectivity index (χ3v) is 5.36. The molecule has 2 aromatic carbocycles. The van der Waals surface area contributed by atoms with Crippen molar-refractivity contribution in [1.29, 1.82) is 0 Å². The van der Waals surface area contributed by atoms with Crippen LogP contribution >= 0.6 is 0 Å². The van der Waals surface area contributed by atoms with E-state index in [4.69, 9.17) is 14.2 Å². The van der Waals surface area contributed by atoms with Crippen LogP contribution in [0.15, 0.2) is 48.5 Å². The molecule has 1 saturated carbocycles. The summed E-state index contributed by atoms with van der Waals surface area (Å²) >= 11 is 0. The summed E-state index contributed by atoms with van der Waals surface area (Å²) in [5, 5.41) is 3.15. The average molecular weight is 367 g/mol. The molecule has 1 heterocycles. The summed E-state index contributed by atoms with van der Waals surface area (Å²) in [7, 11) is 1.66. The number of rotatable bonds is 4. The van der Waals surface area contributed by atoms with Gasteiger partial charge in [-0.3, -0.25) is 4.79 Å². The Morgan fingerprint density at radius 2 is 1.78 bits per heavy atom. The highest BCUT2D eigenvalue weighted by atomic mass is 16.6. The van der Waals surface area contributed by atoms with Gasteiger partial charge < -0.3 is 19.5 Å². The topological polar surface area (TPSA) is 56.8 Å². The Hall–Kier alpha value is -2.37. The Kier molecular flexibility index (Phi) is 5.41. The summed E-state index contributed by atoms with van der Waals surface area (Å²) in [4.78, 5) is 12.6. The molecule has 1 amide bonds. The van der Waals surface area contributed by atoms with Gasteiger partial charge in [0.25, 0.3) is 5.91 Å². The zero-order valence-electron chi connectivity index (χ0n) is 15.5. The van der Waals surface area contributed by atoms with E-state index in [1.54, 1.807) is 7.11 Å². The van der Waals surface area contributed by atoms with Gasteiger partial charge in [0, 0.05) is 11.6 Å². The van der Waals surface area contributed by atoms with Crippen LogP contribution < -0.4 is 10.1 Å². The van der Waals surface area contributed by atoms with Crippen molar-refractivity contribution in [2.24, 2.45) is 0 Å². The van der Waals surface area contributed by atoms with Crippen molar-refractivity contribution in [3.8, 4) is 16.9 Å². The molecule has 0 radical (unpaired) electrons. The molecule has 1 N–H and O–H groups in total. The maximum absolute atomic E-state index is 12.6. The zero-order chi connectivity index (χ0) is 18.6. The number of hydrogen-bond donors (Lipinski definition) is 1. The van der Waals surface area contributed by atoms with E-state index < -0.39 is 0 Å².